The summed E-state index contributed by atoms with van der Waals surface area (Å²) in [6, 6.07) is 18.4. The van der Waals surface area contributed by atoms with Gasteiger partial charge in [-0.3, -0.25) is 9.48 Å². The fourth-order valence-electron chi connectivity index (χ4n) is 2.95. The number of aromatic nitrogens is 2. The van der Waals surface area contributed by atoms with E-state index in [-0.39, 0.29) is 18.2 Å². The lowest BCUT2D eigenvalue weighted by molar-refractivity contribution is 0.0992. The van der Waals surface area contributed by atoms with Crippen LogP contribution in [0.2, 0.25) is 10.0 Å². The highest BCUT2D eigenvalue weighted by molar-refractivity contribution is 6.33. The molecule has 0 saturated carbocycles. The Morgan fingerprint density at radius 3 is 2.71 bits per heavy atom. The molecular weight excluding hydrogens is 437 g/mol. The quantitative estimate of drug-likeness (QED) is 0.372. The number of hydrogen-bond acceptors (Lipinski definition) is 4. The number of halogens is 2. The number of anilines is 1. The third-order valence-corrected chi connectivity index (χ3v) is 4.99. The first-order chi connectivity index (χ1) is 15.0. The standard InChI is InChI=1S/C23H19Cl2N3O3/c1-15-3-2-4-18(11-15)30-14-19-9-10-21(31-19)23(29)26-22-20(25)13-28(27-22)12-16-5-7-17(24)8-6-16/h2-11,13H,12,14H2,1H3,(H,26,27,29). The largest absolute Gasteiger partial charge is 0.486 e. The van der Waals surface area contributed by atoms with Crippen LogP contribution in [0.5, 0.6) is 5.75 Å². The van der Waals surface area contributed by atoms with E-state index in [0.29, 0.717) is 22.4 Å². The van der Waals surface area contributed by atoms with Crippen molar-refractivity contribution in [1.29, 1.82) is 0 Å². The van der Waals surface area contributed by atoms with Gasteiger partial charge < -0.3 is 14.5 Å². The van der Waals surface area contributed by atoms with E-state index in [1.807, 2.05) is 55.5 Å². The summed E-state index contributed by atoms with van der Waals surface area (Å²) in [5, 5.41) is 8.01. The molecule has 0 atom stereocenters. The number of hydrogen-bond donors (Lipinski definition) is 1. The maximum absolute atomic E-state index is 12.5. The van der Waals surface area contributed by atoms with Gasteiger partial charge in [0, 0.05) is 11.2 Å². The molecule has 1 amide bonds. The summed E-state index contributed by atoms with van der Waals surface area (Å²) in [6.07, 6.45) is 1.65. The average Bonchev–Trinajstić information content (AvgIpc) is 3.35. The lowest BCUT2D eigenvalue weighted by Gasteiger charge is -2.05. The maximum atomic E-state index is 12.5. The smallest absolute Gasteiger partial charge is 0.292 e. The molecule has 0 spiro atoms. The Morgan fingerprint density at radius 1 is 1.13 bits per heavy atom. The Kier molecular flexibility index (Phi) is 6.30. The van der Waals surface area contributed by atoms with Gasteiger partial charge in [0.25, 0.3) is 5.91 Å². The third-order valence-electron chi connectivity index (χ3n) is 4.46. The molecule has 4 aromatic rings. The Morgan fingerprint density at radius 2 is 1.94 bits per heavy atom. The second-order valence-corrected chi connectivity index (χ2v) is 7.82. The number of carbonyl (C=O) groups is 1. The zero-order valence-corrected chi connectivity index (χ0v) is 18.2. The summed E-state index contributed by atoms with van der Waals surface area (Å²) in [4.78, 5) is 12.5. The van der Waals surface area contributed by atoms with Crippen LogP contribution < -0.4 is 10.1 Å². The second kappa shape index (κ2) is 9.29. The Hall–Kier alpha value is -3.22. The van der Waals surface area contributed by atoms with Gasteiger partial charge >= 0.3 is 0 Å². The predicted molar refractivity (Wildman–Crippen MR) is 120 cm³/mol. The maximum Gasteiger partial charge on any atom is 0.292 e. The highest BCUT2D eigenvalue weighted by Gasteiger charge is 2.16. The first kappa shape index (κ1) is 21.0. The Bertz CT molecular complexity index is 1200. The van der Waals surface area contributed by atoms with Gasteiger partial charge in [0.2, 0.25) is 0 Å². The minimum atomic E-state index is -0.444. The minimum absolute atomic E-state index is 0.145. The van der Waals surface area contributed by atoms with Crippen LogP contribution >= 0.6 is 23.2 Å². The fourth-order valence-corrected chi connectivity index (χ4v) is 3.27. The third kappa shape index (κ3) is 5.48. The fraction of sp³-hybridized carbons (Fsp3) is 0.130. The van der Waals surface area contributed by atoms with Crippen LogP contribution in [0.25, 0.3) is 0 Å². The van der Waals surface area contributed by atoms with Crippen LogP contribution in [0.1, 0.15) is 27.4 Å². The van der Waals surface area contributed by atoms with Crippen molar-refractivity contribution in [3.8, 4) is 5.75 Å². The van der Waals surface area contributed by atoms with Gasteiger partial charge in [0.1, 0.15) is 23.1 Å². The molecule has 2 aromatic heterocycles. The Labute approximate surface area is 189 Å². The van der Waals surface area contributed by atoms with Crippen molar-refractivity contribution in [2.45, 2.75) is 20.1 Å². The van der Waals surface area contributed by atoms with E-state index in [0.717, 1.165) is 16.9 Å². The van der Waals surface area contributed by atoms with Gasteiger partial charge in [-0.1, -0.05) is 47.5 Å². The van der Waals surface area contributed by atoms with Gasteiger partial charge in [0.05, 0.1) is 6.54 Å². The van der Waals surface area contributed by atoms with Gasteiger partial charge in [-0.15, -0.1) is 0 Å². The van der Waals surface area contributed by atoms with Crippen LogP contribution in [-0.2, 0) is 13.2 Å². The topological polar surface area (TPSA) is 69.3 Å². The van der Waals surface area contributed by atoms with Crippen molar-refractivity contribution >= 4 is 34.9 Å². The van der Waals surface area contributed by atoms with E-state index >= 15 is 0 Å². The molecule has 0 aliphatic heterocycles. The van der Waals surface area contributed by atoms with Crippen molar-refractivity contribution in [3.63, 3.8) is 0 Å². The van der Waals surface area contributed by atoms with Crippen LogP contribution in [0.15, 0.2) is 71.3 Å². The average molecular weight is 456 g/mol. The molecule has 158 valence electrons. The number of benzene rings is 2. The van der Waals surface area contributed by atoms with Gasteiger partial charge in [-0.2, -0.15) is 5.10 Å². The molecule has 0 aliphatic carbocycles. The lowest BCUT2D eigenvalue weighted by atomic mass is 10.2. The second-order valence-electron chi connectivity index (χ2n) is 6.97. The van der Waals surface area contributed by atoms with Crippen LogP contribution in [0.4, 0.5) is 5.82 Å². The molecule has 1 N–H and O–H groups in total. The number of nitrogens with one attached hydrogen (secondary N) is 1. The number of aryl methyl sites for hydroxylation is 1. The molecule has 6 nitrogen and oxygen atoms in total. The van der Waals surface area contributed by atoms with Gasteiger partial charge in [0.15, 0.2) is 11.6 Å². The van der Waals surface area contributed by atoms with Crippen molar-refractivity contribution in [3.05, 3.63) is 99.6 Å². The van der Waals surface area contributed by atoms with Gasteiger partial charge in [-0.25, -0.2) is 0 Å². The molecule has 0 bridgehead atoms. The number of amides is 1. The number of carbonyl (C=O) groups excluding carboxylic acids is 1. The molecule has 0 unspecified atom stereocenters. The molecule has 8 heteroatoms. The minimum Gasteiger partial charge on any atom is -0.486 e. The molecule has 0 aliphatic rings. The van der Waals surface area contributed by atoms with E-state index in [1.54, 1.807) is 23.0 Å². The van der Waals surface area contributed by atoms with Crippen LogP contribution in [0.3, 0.4) is 0 Å². The summed E-state index contributed by atoms with van der Waals surface area (Å²) in [6.45, 7) is 2.70. The summed E-state index contributed by atoms with van der Waals surface area (Å²) in [7, 11) is 0. The molecule has 2 aromatic carbocycles. The van der Waals surface area contributed by atoms with E-state index in [2.05, 4.69) is 10.4 Å². The number of furan rings is 1. The van der Waals surface area contributed by atoms with Crippen molar-refractivity contribution < 1.29 is 13.9 Å². The predicted octanol–water partition coefficient (Wildman–Crippen LogP) is 5.97. The molecular formula is C23H19Cl2N3O3. The molecule has 0 radical (unpaired) electrons. The van der Waals surface area contributed by atoms with Crippen LogP contribution in [0, 0.1) is 6.92 Å². The summed E-state index contributed by atoms with van der Waals surface area (Å²) in [5.74, 6) is 1.23. The highest BCUT2D eigenvalue weighted by atomic mass is 35.5. The summed E-state index contributed by atoms with van der Waals surface area (Å²) in [5.41, 5.74) is 2.11. The first-order valence-corrected chi connectivity index (χ1v) is 10.3. The number of nitrogens with zero attached hydrogens (tertiary/aromatic N) is 2. The van der Waals surface area contributed by atoms with E-state index in [1.165, 1.54) is 0 Å². The SMILES string of the molecule is Cc1cccc(OCc2ccc(C(=O)Nc3nn(Cc4ccc(Cl)cc4)cc3Cl)o2)c1. The van der Waals surface area contributed by atoms with Crippen molar-refractivity contribution in [2.75, 3.05) is 5.32 Å². The normalized spacial score (nSPS) is 10.8. The van der Waals surface area contributed by atoms with Crippen molar-refractivity contribution in [1.82, 2.24) is 9.78 Å². The number of ether oxygens (including phenoxy) is 1. The lowest BCUT2D eigenvalue weighted by Crippen LogP contribution is -2.12. The molecule has 2 heterocycles. The number of rotatable bonds is 7. The molecule has 0 fully saturated rings. The first-order valence-electron chi connectivity index (χ1n) is 9.53. The monoisotopic (exact) mass is 455 g/mol. The van der Waals surface area contributed by atoms with E-state index in [9.17, 15) is 4.79 Å². The Balaban J connectivity index is 1.37. The summed E-state index contributed by atoms with van der Waals surface area (Å²) >= 11 is 12.1. The highest BCUT2D eigenvalue weighted by Crippen LogP contribution is 2.22. The van der Waals surface area contributed by atoms with Gasteiger partial charge in [-0.05, 0) is 54.4 Å². The van der Waals surface area contributed by atoms with Crippen LogP contribution in [-0.4, -0.2) is 15.7 Å². The molecule has 31 heavy (non-hydrogen) atoms. The zero-order valence-electron chi connectivity index (χ0n) is 16.6. The van der Waals surface area contributed by atoms with Crippen molar-refractivity contribution in [2.24, 2.45) is 0 Å². The zero-order chi connectivity index (χ0) is 21.8. The van der Waals surface area contributed by atoms with E-state index < -0.39 is 5.91 Å². The van der Waals surface area contributed by atoms with E-state index in [4.69, 9.17) is 32.4 Å². The summed E-state index contributed by atoms with van der Waals surface area (Å²) < 4.78 is 12.9. The molecule has 4 rings (SSSR count). The molecule has 0 saturated heterocycles.